The summed E-state index contributed by atoms with van der Waals surface area (Å²) in [6, 6.07) is 2.54. The van der Waals surface area contributed by atoms with Crippen LogP contribution in [0.3, 0.4) is 0 Å². The molecule has 1 rings (SSSR count). The molecule has 0 fully saturated rings. The molecule has 0 saturated carbocycles. The molecule has 0 saturated heterocycles. The van der Waals surface area contributed by atoms with Crippen molar-refractivity contribution in [2.45, 2.75) is 0 Å². The van der Waals surface area contributed by atoms with Crippen LogP contribution in [0.2, 0.25) is 5.02 Å². The van der Waals surface area contributed by atoms with Gasteiger partial charge in [-0.25, -0.2) is 4.39 Å². The van der Waals surface area contributed by atoms with E-state index in [1.165, 1.54) is 0 Å². The van der Waals surface area contributed by atoms with Crippen molar-refractivity contribution in [1.29, 1.82) is 5.26 Å². The Morgan fingerprint density at radius 1 is 1.67 bits per heavy atom. The minimum Gasteiger partial charge on any atom is -0.505 e. The molecular weight excluding hydrogens is 295 g/mol. The molecule has 12 heavy (non-hydrogen) atoms. The topological polar surface area (TPSA) is 44.0 Å². The van der Waals surface area contributed by atoms with Gasteiger partial charge < -0.3 is 5.11 Å². The highest BCUT2D eigenvalue weighted by atomic mass is 127. The minimum absolute atomic E-state index is 0.0871. The number of nitrogens with zero attached hydrogens (tertiary/aromatic N) is 1. The first kappa shape index (κ1) is 9.55. The molecule has 0 aliphatic carbocycles. The van der Waals surface area contributed by atoms with Gasteiger partial charge in [0.2, 0.25) is 0 Å². The lowest BCUT2D eigenvalue weighted by molar-refractivity contribution is 0.469. The minimum atomic E-state index is -0.718. The molecule has 2 nitrogen and oxygen atoms in total. The van der Waals surface area contributed by atoms with Crippen LogP contribution in [0.4, 0.5) is 4.39 Å². The van der Waals surface area contributed by atoms with Crippen LogP contribution in [0.1, 0.15) is 5.56 Å². The molecule has 1 N–H and O–H groups in total. The highest BCUT2D eigenvalue weighted by molar-refractivity contribution is 14.1. The van der Waals surface area contributed by atoms with Gasteiger partial charge in [0.15, 0.2) is 0 Å². The first-order valence-corrected chi connectivity index (χ1v) is 4.30. The van der Waals surface area contributed by atoms with Crippen molar-refractivity contribution in [2.24, 2.45) is 0 Å². The number of aromatic hydroxyl groups is 1. The molecule has 0 unspecified atom stereocenters. The SMILES string of the molecule is N#Cc1c(F)cc(Cl)c(O)c1I. The highest BCUT2D eigenvalue weighted by Gasteiger charge is 2.13. The van der Waals surface area contributed by atoms with Crippen molar-refractivity contribution in [2.75, 3.05) is 0 Å². The van der Waals surface area contributed by atoms with Crippen molar-refractivity contribution in [3.8, 4) is 11.8 Å². The summed E-state index contributed by atoms with van der Waals surface area (Å²) in [6.07, 6.45) is 0. The third kappa shape index (κ3) is 1.47. The number of hydrogen-bond acceptors (Lipinski definition) is 2. The van der Waals surface area contributed by atoms with E-state index in [-0.39, 0.29) is 19.9 Å². The molecule has 0 atom stereocenters. The molecule has 0 heterocycles. The van der Waals surface area contributed by atoms with Gasteiger partial charge in [0.25, 0.3) is 0 Å². The van der Waals surface area contributed by atoms with E-state index < -0.39 is 5.82 Å². The molecule has 62 valence electrons. The fourth-order valence-electron chi connectivity index (χ4n) is 0.682. The van der Waals surface area contributed by atoms with Crippen LogP contribution in [-0.2, 0) is 0 Å². The quantitative estimate of drug-likeness (QED) is 0.748. The van der Waals surface area contributed by atoms with Crippen molar-refractivity contribution in [3.63, 3.8) is 0 Å². The molecular formula is C7H2ClFINO. The van der Waals surface area contributed by atoms with E-state index in [0.717, 1.165) is 6.07 Å². The molecule has 0 spiro atoms. The molecule has 1 aromatic rings. The lowest BCUT2D eigenvalue weighted by atomic mass is 10.2. The van der Waals surface area contributed by atoms with E-state index in [4.69, 9.17) is 16.9 Å². The standard InChI is InChI=1S/C7H2ClFINO/c8-4-1-5(9)3(2-11)6(10)7(4)12/h1,12H. The molecule has 0 aliphatic rings. The van der Waals surface area contributed by atoms with Crippen LogP contribution in [0.15, 0.2) is 6.07 Å². The Morgan fingerprint density at radius 2 is 2.25 bits per heavy atom. The van der Waals surface area contributed by atoms with Gasteiger partial charge in [0.1, 0.15) is 23.2 Å². The summed E-state index contributed by atoms with van der Waals surface area (Å²) in [5.41, 5.74) is -0.183. The number of halogens is 3. The van der Waals surface area contributed by atoms with Crippen LogP contribution >= 0.6 is 34.2 Å². The summed E-state index contributed by atoms with van der Waals surface area (Å²) in [6.45, 7) is 0. The first-order valence-electron chi connectivity index (χ1n) is 2.84. The predicted octanol–water partition coefficient (Wildman–Crippen LogP) is 2.66. The molecule has 0 bridgehead atoms. The summed E-state index contributed by atoms with van der Waals surface area (Å²) in [7, 11) is 0. The van der Waals surface area contributed by atoms with E-state index in [0.29, 0.717) is 0 Å². The van der Waals surface area contributed by atoms with E-state index in [2.05, 4.69) is 0 Å². The Kier molecular flexibility index (Phi) is 2.75. The van der Waals surface area contributed by atoms with Crippen LogP contribution in [0.5, 0.6) is 5.75 Å². The maximum absolute atomic E-state index is 12.9. The van der Waals surface area contributed by atoms with Gasteiger partial charge in [0, 0.05) is 0 Å². The van der Waals surface area contributed by atoms with E-state index in [1.807, 2.05) is 0 Å². The van der Waals surface area contributed by atoms with E-state index in [1.54, 1.807) is 28.7 Å². The Hall–Kier alpha value is -0.540. The van der Waals surface area contributed by atoms with Crippen molar-refractivity contribution in [3.05, 3.63) is 26.0 Å². The average Bonchev–Trinajstić information content (AvgIpc) is 2.01. The fourth-order valence-corrected chi connectivity index (χ4v) is 1.70. The third-order valence-electron chi connectivity index (χ3n) is 1.26. The number of hydrogen-bond donors (Lipinski definition) is 1. The maximum atomic E-state index is 12.9. The van der Waals surface area contributed by atoms with Crippen molar-refractivity contribution < 1.29 is 9.50 Å². The van der Waals surface area contributed by atoms with Gasteiger partial charge in [-0.3, -0.25) is 0 Å². The highest BCUT2D eigenvalue weighted by Crippen LogP contribution is 2.32. The second kappa shape index (κ2) is 3.46. The van der Waals surface area contributed by atoms with Gasteiger partial charge in [-0.2, -0.15) is 5.26 Å². The largest absolute Gasteiger partial charge is 0.505 e. The molecule has 0 amide bonds. The Labute approximate surface area is 86.7 Å². The third-order valence-corrected chi connectivity index (χ3v) is 2.60. The second-order valence-corrected chi connectivity index (χ2v) is 3.48. The Balaban J connectivity index is 3.54. The number of nitriles is 1. The van der Waals surface area contributed by atoms with E-state index in [9.17, 15) is 9.50 Å². The van der Waals surface area contributed by atoms with Crippen LogP contribution in [0, 0.1) is 20.7 Å². The summed E-state index contributed by atoms with van der Waals surface area (Å²) < 4.78 is 13.0. The predicted molar refractivity (Wildman–Crippen MR) is 50.5 cm³/mol. The zero-order valence-electron chi connectivity index (χ0n) is 5.61. The molecule has 0 aromatic heterocycles. The van der Waals surface area contributed by atoms with Crippen molar-refractivity contribution >= 4 is 34.2 Å². The number of benzene rings is 1. The molecule has 0 aliphatic heterocycles. The van der Waals surface area contributed by atoms with E-state index >= 15 is 0 Å². The van der Waals surface area contributed by atoms with Gasteiger partial charge in [-0.05, 0) is 28.7 Å². The van der Waals surface area contributed by atoms with Crippen LogP contribution in [-0.4, -0.2) is 5.11 Å². The maximum Gasteiger partial charge on any atom is 0.149 e. The van der Waals surface area contributed by atoms with Gasteiger partial charge in [-0.1, -0.05) is 11.6 Å². The zero-order valence-corrected chi connectivity index (χ0v) is 8.52. The smallest absolute Gasteiger partial charge is 0.149 e. The van der Waals surface area contributed by atoms with Crippen molar-refractivity contribution in [1.82, 2.24) is 0 Å². The summed E-state index contributed by atoms with van der Waals surface area (Å²) >= 11 is 7.10. The molecule has 1 aromatic carbocycles. The normalized spacial score (nSPS) is 9.50. The molecule has 5 heteroatoms. The average molecular weight is 297 g/mol. The lowest BCUT2D eigenvalue weighted by Crippen LogP contribution is -1.89. The zero-order chi connectivity index (χ0) is 9.30. The van der Waals surface area contributed by atoms with Crippen LogP contribution in [0.25, 0.3) is 0 Å². The van der Waals surface area contributed by atoms with Gasteiger partial charge in [-0.15, -0.1) is 0 Å². The first-order chi connectivity index (χ1) is 5.57. The van der Waals surface area contributed by atoms with Crippen LogP contribution < -0.4 is 0 Å². The lowest BCUT2D eigenvalue weighted by Gasteiger charge is -2.02. The number of phenols is 1. The number of phenolic OH excluding ortho intramolecular Hbond substituents is 1. The molecule has 0 radical (unpaired) electrons. The summed E-state index contributed by atoms with van der Waals surface area (Å²) in [5.74, 6) is -0.972. The Morgan fingerprint density at radius 3 is 2.75 bits per heavy atom. The second-order valence-electron chi connectivity index (χ2n) is 1.99. The monoisotopic (exact) mass is 297 g/mol. The van der Waals surface area contributed by atoms with Gasteiger partial charge >= 0.3 is 0 Å². The van der Waals surface area contributed by atoms with Gasteiger partial charge in [0.05, 0.1) is 8.59 Å². The summed E-state index contributed by atoms with van der Waals surface area (Å²) in [4.78, 5) is 0. The fraction of sp³-hybridized carbons (Fsp3) is 0. The Bertz CT molecular complexity index is 375. The summed E-state index contributed by atoms with van der Waals surface area (Å²) in [5, 5.41) is 17.6. The number of rotatable bonds is 0.